The lowest BCUT2D eigenvalue weighted by Crippen LogP contribution is -2.31. The SMILES string of the molecule is CCN(c1ccccc1)S(=O)(=O)c1ccc(Cl)c(C(=O)Nc2cc(C)ccc2F)c1. The number of benzene rings is 3. The number of carbonyl (C=O) groups excluding carboxylic acids is 1. The number of halogens is 2. The second-order valence-electron chi connectivity index (χ2n) is 6.58. The van der Waals surface area contributed by atoms with E-state index in [1.807, 2.05) is 0 Å². The lowest BCUT2D eigenvalue weighted by molar-refractivity contribution is 0.102. The second-order valence-corrected chi connectivity index (χ2v) is 8.85. The molecule has 0 heterocycles. The number of anilines is 2. The minimum absolute atomic E-state index is 0.0104. The summed E-state index contributed by atoms with van der Waals surface area (Å²) in [5, 5.41) is 2.51. The summed E-state index contributed by atoms with van der Waals surface area (Å²) in [6.45, 7) is 3.68. The van der Waals surface area contributed by atoms with Gasteiger partial charge in [0.1, 0.15) is 5.82 Å². The zero-order chi connectivity index (χ0) is 21.9. The van der Waals surface area contributed by atoms with Crippen LogP contribution in [0.4, 0.5) is 15.8 Å². The number of amides is 1. The molecule has 8 heteroatoms. The molecule has 0 atom stereocenters. The first-order chi connectivity index (χ1) is 14.2. The molecule has 0 saturated carbocycles. The van der Waals surface area contributed by atoms with Crippen molar-refractivity contribution in [2.24, 2.45) is 0 Å². The molecule has 156 valence electrons. The monoisotopic (exact) mass is 446 g/mol. The van der Waals surface area contributed by atoms with Crippen LogP contribution >= 0.6 is 11.6 Å². The van der Waals surface area contributed by atoms with Crippen molar-refractivity contribution >= 4 is 38.9 Å². The Labute approximate surface area is 180 Å². The predicted molar refractivity (Wildman–Crippen MR) is 117 cm³/mol. The van der Waals surface area contributed by atoms with Crippen molar-refractivity contribution in [1.82, 2.24) is 0 Å². The zero-order valence-corrected chi connectivity index (χ0v) is 18.0. The van der Waals surface area contributed by atoms with Gasteiger partial charge in [-0.15, -0.1) is 0 Å². The molecule has 0 aliphatic heterocycles. The minimum atomic E-state index is -3.94. The third kappa shape index (κ3) is 4.47. The molecule has 1 N–H and O–H groups in total. The number of nitrogens with zero attached hydrogens (tertiary/aromatic N) is 1. The fourth-order valence-corrected chi connectivity index (χ4v) is 4.68. The van der Waals surface area contributed by atoms with Crippen LogP contribution in [-0.4, -0.2) is 20.9 Å². The van der Waals surface area contributed by atoms with Crippen molar-refractivity contribution in [2.45, 2.75) is 18.7 Å². The standard InChI is InChI=1S/C22H20ClFN2O3S/c1-3-26(16-7-5-4-6-8-16)30(28,29)17-10-11-19(23)18(14-17)22(27)25-21-13-15(2)9-12-20(21)24/h4-14H,3H2,1-2H3,(H,25,27). The highest BCUT2D eigenvalue weighted by molar-refractivity contribution is 7.92. The third-order valence-electron chi connectivity index (χ3n) is 4.47. The molecule has 3 rings (SSSR count). The predicted octanol–water partition coefficient (Wildman–Crippen LogP) is 5.26. The molecular formula is C22H20ClFN2O3S. The quantitative estimate of drug-likeness (QED) is 0.562. The van der Waals surface area contributed by atoms with Crippen LogP contribution in [0.5, 0.6) is 0 Å². The molecule has 3 aromatic rings. The van der Waals surface area contributed by atoms with Crippen LogP contribution in [0.25, 0.3) is 0 Å². The molecule has 1 amide bonds. The number of hydrogen-bond acceptors (Lipinski definition) is 3. The zero-order valence-electron chi connectivity index (χ0n) is 16.4. The van der Waals surface area contributed by atoms with E-state index in [9.17, 15) is 17.6 Å². The molecule has 0 aliphatic carbocycles. The topological polar surface area (TPSA) is 66.5 Å². The van der Waals surface area contributed by atoms with Gasteiger partial charge in [0, 0.05) is 6.54 Å². The first-order valence-corrected chi connectivity index (χ1v) is 11.0. The van der Waals surface area contributed by atoms with Gasteiger partial charge in [-0.1, -0.05) is 35.9 Å². The van der Waals surface area contributed by atoms with Gasteiger partial charge < -0.3 is 5.32 Å². The van der Waals surface area contributed by atoms with Crippen molar-refractivity contribution in [1.29, 1.82) is 0 Å². The third-order valence-corrected chi connectivity index (χ3v) is 6.70. The van der Waals surface area contributed by atoms with Crippen molar-refractivity contribution in [3.8, 4) is 0 Å². The molecule has 0 aliphatic rings. The molecule has 3 aromatic carbocycles. The van der Waals surface area contributed by atoms with Crippen LogP contribution in [0.1, 0.15) is 22.8 Å². The summed E-state index contributed by atoms with van der Waals surface area (Å²) in [7, 11) is -3.94. The molecule has 0 spiro atoms. The summed E-state index contributed by atoms with van der Waals surface area (Å²) in [6.07, 6.45) is 0. The van der Waals surface area contributed by atoms with Gasteiger partial charge in [-0.2, -0.15) is 0 Å². The number of carbonyl (C=O) groups is 1. The Bertz CT molecular complexity index is 1180. The van der Waals surface area contributed by atoms with Crippen LogP contribution in [-0.2, 0) is 10.0 Å². The van der Waals surface area contributed by atoms with E-state index in [2.05, 4.69) is 5.32 Å². The van der Waals surface area contributed by atoms with E-state index in [0.29, 0.717) is 5.69 Å². The fraction of sp³-hybridized carbons (Fsp3) is 0.136. The van der Waals surface area contributed by atoms with Gasteiger partial charge in [0.25, 0.3) is 15.9 Å². The Morgan fingerprint density at radius 1 is 1.07 bits per heavy atom. The van der Waals surface area contributed by atoms with Gasteiger partial charge in [0.15, 0.2) is 0 Å². The molecule has 0 saturated heterocycles. The summed E-state index contributed by atoms with van der Waals surface area (Å²) >= 11 is 6.15. The van der Waals surface area contributed by atoms with Crippen LogP contribution in [0, 0.1) is 12.7 Å². The number of sulfonamides is 1. The van der Waals surface area contributed by atoms with Crippen molar-refractivity contribution in [3.05, 3.63) is 88.7 Å². The Kier molecular flexibility index (Phi) is 6.43. The maximum atomic E-state index is 14.0. The molecule has 0 fully saturated rings. The van der Waals surface area contributed by atoms with Gasteiger partial charge in [-0.3, -0.25) is 9.10 Å². The Morgan fingerprint density at radius 2 is 1.77 bits per heavy atom. The van der Waals surface area contributed by atoms with E-state index < -0.39 is 21.7 Å². The van der Waals surface area contributed by atoms with E-state index in [0.717, 1.165) is 5.56 Å². The Morgan fingerprint density at radius 3 is 2.43 bits per heavy atom. The van der Waals surface area contributed by atoms with E-state index in [4.69, 9.17) is 11.6 Å². The lowest BCUT2D eigenvalue weighted by atomic mass is 10.2. The number of para-hydroxylation sites is 1. The van der Waals surface area contributed by atoms with E-state index in [1.165, 1.54) is 34.6 Å². The van der Waals surface area contributed by atoms with Crippen LogP contribution in [0.3, 0.4) is 0 Å². The molecule has 0 radical (unpaired) electrons. The normalized spacial score (nSPS) is 11.2. The van der Waals surface area contributed by atoms with Gasteiger partial charge in [-0.05, 0) is 61.9 Å². The van der Waals surface area contributed by atoms with Gasteiger partial charge >= 0.3 is 0 Å². The Hall–Kier alpha value is -2.90. The Balaban J connectivity index is 1.98. The van der Waals surface area contributed by atoms with E-state index >= 15 is 0 Å². The maximum absolute atomic E-state index is 14.0. The van der Waals surface area contributed by atoms with E-state index in [1.54, 1.807) is 50.2 Å². The van der Waals surface area contributed by atoms with Crippen LogP contribution in [0.15, 0.2) is 71.6 Å². The van der Waals surface area contributed by atoms with Crippen LogP contribution < -0.4 is 9.62 Å². The highest BCUT2D eigenvalue weighted by Crippen LogP contribution is 2.27. The first kappa shape index (κ1) is 21.8. The molecule has 5 nitrogen and oxygen atoms in total. The summed E-state index contributed by atoms with van der Waals surface area (Å²) in [5.41, 5.74) is 1.19. The van der Waals surface area contributed by atoms with Gasteiger partial charge in [0.2, 0.25) is 0 Å². The summed E-state index contributed by atoms with van der Waals surface area (Å²) in [6, 6.07) is 16.8. The number of hydrogen-bond donors (Lipinski definition) is 1. The average Bonchev–Trinajstić information content (AvgIpc) is 2.72. The molecule has 30 heavy (non-hydrogen) atoms. The fourth-order valence-electron chi connectivity index (χ4n) is 2.98. The van der Waals surface area contributed by atoms with Gasteiger partial charge in [0.05, 0.1) is 26.9 Å². The summed E-state index contributed by atoms with van der Waals surface area (Å²) in [4.78, 5) is 12.6. The highest BCUT2D eigenvalue weighted by atomic mass is 35.5. The second kappa shape index (κ2) is 8.85. The minimum Gasteiger partial charge on any atom is -0.319 e. The molecule has 0 bridgehead atoms. The summed E-state index contributed by atoms with van der Waals surface area (Å²) < 4.78 is 41.6. The molecule has 0 unspecified atom stereocenters. The molecular weight excluding hydrogens is 427 g/mol. The van der Waals surface area contributed by atoms with Gasteiger partial charge in [-0.25, -0.2) is 12.8 Å². The van der Waals surface area contributed by atoms with E-state index in [-0.39, 0.29) is 27.7 Å². The van der Waals surface area contributed by atoms with Crippen molar-refractivity contribution in [3.63, 3.8) is 0 Å². The average molecular weight is 447 g/mol. The summed E-state index contributed by atoms with van der Waals surface area (Å²) in [5.74, 6) is -1.31. The lowest BCUT2D eigenvalue weighted by Gasteiger charge is -2.23. The highest BCUT2D eigenvalue weighted by Gasteiger charge is 2.25. The number of aryl methyl sites for hydroxylation is 1. The number of nitrogens with one attached hydrogen (secondary N) is 1. The number of rotatable bonds is 6. The van der Waals surface area contributed by atoms with Crippen molar-refractivity contribution < 1.29 is 17.6 Å². The smallest absolute Gasteiger partial charge is 0.264 e. The van der Waals surface area contributed by atoms with Crippen molar-refractivity contribution in [2.75, 3.05) is 16.2 Å². The maximum Gasteiger partial charge on any atom is 0.264 e. The molecule has 0 aromatic heterocycles. The van der Waals surface area contributed by atoms with Crippen LogP contribution in [0.2, 0.25) is 5.02 Å². The first-order valence-electron chi connectivity index (χ1n) is 9.19. The largest absolute Gasteiger partial charge is 0.319 e.